The molecule has 1 aliphatic rings. The lowest BCUT2D eigenvalue weighted by atomic mass is 9.98. The second-order valence-corrected chi connectivity index (χ2v) is 12.5. The number of carbonyl (C=O) groups excluding carboxylic acids is 1. The Balaban J connectivity index is 1.24. The van der Waals surface area contributed by atoms with Crippen LogP contribution in [-0.4, -0.2) is 58.3 Å². The van der Waals surface area contributed by atoms with Crippen molar-refractivity contribution in [3.05, 3.63) is 94.2 Å². The highest BCUT2D eigenvalue weighted by atomic mass is 35.5. The molecule has 2 aromatic carbocycles. The second kappa shape index (κ2) is 14.8. The number of carbonyl (C=O) groups is 1. The summed E-state index contributed by atoms with van der Waals surface area (Å²) in [4.78, 5) is 25.6. The number of aliphatic hydroxyl groups is 1. The zero-order chi connectivity index (χ0) is 32.9. The summed E-state index contributed by atoms with van der Waals surface area (Å²) in [6.45, 7) is 4.10. The van der Waals surface area contributed by atoms with Gasteiger partial charge < -0.3 is 25.8 Å². The number of nitrogens with one attached hydrogen (secondary N) is 3. The molecule has 47 heavy (non-hydrogen) atoms. The highest BCUT2D eigenvalue weighted by Crippen LogP contribution is 2.42. The van der Waals surface area contributed by atoms with Crippen LogP contribution in [0.15, 0.2) is 73.1 Å². The lowest BCUT2D eigenvalue weighted by Crippen LogP contribution is -2.35. The second-order valence-electron chi connectivity index (χ2n) is 11.7. The Kier molecular flexibility index (Phi) is 10.3. The first-order chi connectivity index (χ1) is 22.8. The molecule has 2 atom stereocenters. The fourth-order valence-corrected chi connectivity index (χ4v) is 6.40. The predicted molar refractivity (Wildman–Crippen MR) is 186 cm³/mol. The molecule has 0 spiro atoms. The van der Waals surface area contributed by atoms with E-state index >= 15 is 0 Å². The first-order valence-corrected chi connectivity index (χ1v) is 16.3. The maximum Gasteiger partial charge on any atom is 0.220 e. The van der Waals surface area contributed by atoms with Crippen molar-refractivity contribution >= 4 is 40.0 Å². The smallest absolute Gasteiger partial charge is 0.220 e. The monoisotopic (exact) mass is 670 g/mol. The summed E-state index contributed by atoms with van der Waals surface area (Å²) in [5, 5.41) is 21.0. The summed E-state index contributed by atoms with van der Waals surface area (Å²) < 4.78 is 5.64. The van der Waals surface area contributed by atoms with Gasteiger partial charge in [-0.2, -0.15) is 0 Å². The molecule has 9 nitrogen and oxygen atoms in total. The molecule has 0 unspecified atom stereocenters. The Morgan fingerprint density at radius 2 is 1.66 bits per heavy atom. The van der Waals surface area contributed by atoms with Gasteiger partial charge in [0.05, 0.1) is 40.2 Å². The van der Waals surface area contributed by atoms with Crippen LogP contribution in [-0.2, 0) is 17.9 Å². The van der Waals surface area contributed by atoms with E-state index in [1.165, 1.54) is 0 Å². The summed E-state index contributed by atoms with van der Waals surface area (Å²) in [6, 6.07) is 19.7. The first kappa shape index (κ1) is 32.8. The molecule has 0 bridgehead atoms. The van der Waals surface area contributed by atoms with Gasteiger partial charge in [0.2, 0.25) is 11.8 Å². The van der Waals surface area contributed by atoms with E-state index in [2.05, 4.69) is 20.9 Å². The van der Waals surface area contributed by atoms with Crippen LogP contribution in [0.4, 0.5) is 0 Å². The zero-order valence-electron chi connectivity index (χ0n) is 26.2. The molecule has 6 rings (SSSR count). The third-order valence-electron chi connectivity index (χ3n) is 8.15. The van der Waals surface area contributed by atoms with Crippen LogP contribution in [0.2, 0.25) is 10.0 Å². The van der Waals surface area contributed by atoms with E-state index in [4.69, 9.17) is 37.9 Å². The van der Waals surface area contributed by atoms with Crippen molar-refractivity contribution in [1.82, 2.24) is 30.9 Å². The van der Waals surface area contributed by atoms with E-state index in [0.29, 0.717) is 59.9 Å². The molecule has 11 heteroatoms. The topological polar surface area (TPSA) is 121 Å². The largest absolute Gasteiger partial charge is 0.481 e. The predicted octanol–water partition coefficient (Wildman–Crippen LogP) is 6.18. The first-order valence-electron chi connectivity index (χ1n) is 15.6. The number of fused-ring (bicyclic) bond motifs is 1. The SMILES string of the molecule is COc1nc(-c2cccc(-c3cccc(-c4cc5ncc(CNC[C@@H](C)O)cc5cn4)c3Cl)c2Cl)ccc1CNC[C@H]1CCC(=O)N1. The van der Waals surface area contributed by atoms with Gasteiger partial charge in [0.15, 0.2) is 0 Å². The Morgan fingerprint density at radius 3 is 2.34 bits per heavy atom. The number of hydrogen-bond acceptors (Lipinski definition) is 8. The minimum Gasteiger partial charge on any atom is -0.481 e. The van der Waals surface area contributed by atoms with Crippen LogP contribution in [0, 0.1) is 0 Å². The van der Waals surface area contributed by atoms with Crippen molar-refractivity contribution in [3.8, 4) is 39.5 Å². The van der Waals surface area contributed by atoms with Crippen molar-refractivity contribution in [2.75, 3.05) is 20.2 Å². The average Bonchev–Trinajstić information content (AvgIpc) is 3.49. The Hall–Kier alpha value is -4.12. The normalized spacial score (nSPS) is 15.2. The van der Waals surface area contributed by atoms with Crippen molar-refractivity contribution in [2.45, 2.75) is 45.0 Å². The van der Waals surface area contributed by atoms with Gasteiger partial charge >= 0.3 is 0 Å². The fraction of sp³-hybridized carbons (Fsp3) is 0.278. The van der Waals surface area contributed by atoms with E-state index in [1.807, 2.05) is 66.9 Å². The molecule has 1 fully saturated rings. The van der Waals surface area contributed by atoms with E-state index in [9.17, 15) is 9.90 Å². The lowest BCUT2D eigenvalue weighted by Gasteiger charge is -2.15. The molecule has 4 heterocycles. The molecular formula is C36H36Cl2N6O3. The molecule has 0 aliphatic carbocycles. The zero-order valence-corrected chi connectivity index (χ0v) is 27.7. The molecule has 242 valence electrons. The van der Waals surface area contributed by atoms with Gasteiger partial charge in [-0.15, -0.1) is 0 Å². The maximum absolute atomic E-state index is 11.5. The van der Waals surface area contributed by atoms with Crippen LogP contribution in [0.5, 0.6) is 5.88 Å². The number of amides is 1. The van der Waals surface area contributed by atoms with E-state index in [-0.39, 0.29) is 11.9 Å². The van der Waals surface area contributed by atoms with Gasteiger partial charge in [0.1, 0.15) is 0 Å². The number of benzene rings is 2. The lowest BCUT2D eigenvalue weighted by molar-refractivity contribution is -0.119. The number of ether oxygens (including phenoxy) is 1. The van der Waals surface area contributed by atoms with Crippen LogP contribution in [0.1, 0.15) is 30.9 Å². The third-order valence-corrected chi connectivity index (χ3v) is 8.97. The summed E-state index contributed by atoms with van der Waals surface area (Å²) in [5.41, 5.74) is 7.17. The van der Waals surface area contributed by atoms with E-state index in [1.54, 1.807) is 20.2 Å². The molecule has 1 aliphatic heterocycles. The highest BCUT2D eigenvalue weighted by molar-refractivity contribution is 6.39. The number of aromatic nitrogens is 3. The number of nitrogens with zero attached hydrogens (tertiary/aromatic N) is 3. The maximum atomic E-state index is 11.5. The molecule has 1 amide bonds. The molecule has 5 aromatic rings. The third kappa shape index (κ3) is 7.56. The number of hydrogen-bond donors (Lipinski definition) is 4. The van der Waals surface area contributed by atoms with Gasteiger partial charge in [0.25, 0.3) is 0 Å². The summed E-state index contributed by atoms with van der Waals surface area (Å²) in [6.07, 6.45) is 4.63. The Morgan fingerprint density at radius 1 is 0.936 bits per heavy atom. The molecule has 4 N–H and O–H groups in total. The van der Waals surface area contributed by atoms with Gasteiger partial charge in [-0.1, -0.05) is 65.7 Å². The minimum atomic E-state index is -0.412. The van der Waals surface area contributed by atoms with E-state index in [0.717, 1.165) is 50.7 Å². The standard InChI is InChI=1S/C36H36Cl2N6O3/c1-21(45)15-39-16-22-13-24-19-42-32(14-31(24)41-17-22)29-8-4-6-27(35(29)38)26-5-3-7-28(34(26)37)30-11-9-23(36(44-30)47-2)18-40-20-25-10-12-33(46)43-25/h3-9,11,13-14,17,19,21,25,39-40,45H,10,12,15-16,18,20H2,1-2H3,(H,43,46)/t21-,25-/m1/s1. The van der Waals surface area contributed by atoms with Crippen molar-refractivity contribution in [3.63, 3.8) is 0 Å². The quantitative estimate of drug-likeness (QED) is 0.124. The summed E-state index contributed by atoms with van der Waals surface area (Å²) >= 11 is 14.1. The molecular weight excluding hydrogens is 635 g/mol. The number of methoxy groups -OCH3 is 1. The number of rotatable bonds is 12. The van der Waals surface area contributed by atoms with Crippen molar-refractivity contribution < 1.29 is 14.6 Å². The summed E-state index contributed by atoms with van der Waals surface area (Å²) in [7, 11) is 1.60. The van der Waals surface area contributed by atoms with Crippen LogP contribution in [0.3, 0.4) is 0 Å². The molecule has 0 radical (unpaired) electrons. The van der Waals surface area contributed by atoms with Crippen molar-refractivity contribution in [2.24, 2.45) is 0 Å². The minimum absolute atomic E-state index is 0.101. The van der Waals surface area contributed by atoms with Gasteiger partial charge in [-0.05, 0) is 37.1 Å². The Bertz CT molecular complexity index is 1920. The highest BCUT2D eigenvalue weighted by Gasteiger charge is 2.21. The molecule has 1 saturated heterocycles. The average molecular weight is 672 g/mol. The van der Waals surface area contributed by atoms with Crippen LogP contribution in [0.25, 0.3) is 44.5 Å². The summed E-state index contributed by atoms with van der Waals surface area (Å²) in [5.74, 6) is 0.606. The van der Waals surface area contributed by atoms with Gasteiger partial charge in [-0.25, -0.2) is 4.98 Å². The van der Waals surface area contributed by atoms with E-state index < -0.39 is 6.10 Å². The van der Waals surface area contributed by atoms with Crippen LogP contribution < -0.4 is 20.7 Å². The van der Waals surface area contributed by atoms with Gasteiger partial charge in [0, 0.05) is 84.2 Å². The molecule has 0 saturated carbocycles. The number of pyridine rings is 3. The number of halogens is 2. The number of aliphatic hydroxyl groups excluding tert-OH is 1. The Labute approximate surface area is 283 Å². The van der Waals surface area contributed by atoms with Gasteiger partial charge in [-0.3, -0.25) is 14.8 Å². The molecule has 3 aromatic heterocycles. The fourth-order valence-electron chi connectivity index (χ4n) is 5.75. The van der Waals surface area contributed by atoms with Crippen molar-refractivity contribution in [1.29, 1.82) is 0 Å². The van der Waals surface area contributed by atoms with Crippen LogP contribution >= 0.6 is 23.2 Å².